The SMILES string of the molecule is COc1ccc(/C=N/c2n[nH]c(C(F)(F)F)n2)cc1. The number of H-pyrrole nitrogens is 1. The smallest absolute Gasteiger partial charge is 0.451 e. The van der Waals surface area contributed by atoms with Crippen molar-refractivity contribution in [1.82, 2.24) is 15.2 Å². The predicted octanol–water partition coefficient (Wildman–Crippen LogP) is 2.58. The lowest BCUT2D eigenvalue weighted by atomic mass is 10.2. The number of alkyl halides is 3. The van der Waals surface area contributed by atoms with Crippen molar-refractivity contribution in [3.63, 3.8) is 0 Å². The first-order valence-corrected chi connectivity index (χ1v) is 5.17. The highest BCUT2D eigenvalue weighted by molar-refractivity contribution is 5.81. The van der Waals surface area contributed by atoms with E-state index in [0.29, 0.717) is 11.3 Å². The molecule has 0 radical (unpaired) electrons. The van der Waals surface area contributed by atoms with E-state index in [1.807, 2.05) is 0 Å². The van der Waals surface area contributed by atoms with E-state index in [9.17, 15) is 13.2 Å². The second-order valence-electron chi connectivity index (χ2n) is 3.51. The van der Waals surface area contributed by atoms with E-state index >= 15 is 0 Å². The van der Waals surface area contributed by atoms with Gasteiger partial charge in [0, 0.05) is 6.21 Å². The van der Waals surface area contributed by atoms with E-state index in [4.69, 9.17) is 4.74 Å². The summed E-state index contributed by atoms with van der Waals surface area (Å²) in [5, 5.41) is 5.13. The Morgan fingerprint density at radius 2 is 1.95 bits per heavy atom. The van der Waals surface area contributed by atoms with Gasteiger partial charge >= 0.3 is 6.18 Å². The van der Waals surface area contributed by atoms with Gasteiger partial charge in [0.05, 0.1) is 7.11 Å². The summed E-state index contributed by atoms with van der Waals surface area (Å²) in [6.45, 7) is 0. The van der Waals surface area contributed by atoms with Gasteiger partial charge in [-0.2, -0.15) is 18.2 Å². The Bertz CT molecular complexity index is 574. The quantitative estimate of drug-likeness (QED) is 0.872. The van der Waals surface area contributed by atoms with Crippen LogP contribution in [-0.4, -0.2) is 28.5 Å². The average molecular weight is 270 g/mol. The van der Waals surface area contributed by atoms with Gasteiger partial charge in [-0.3, -0.25) is 5.10 Å². The molecule has 0 amide bonds. The molecule has 0 fully saturated rings. The number of aromatic nitrogens is 3. The molecule has 0 aliphatic rings. The molecule has 0 aliphatic heterocycles. The third-order valence-electron chi connectivity index (χ3n) is 2.19. The van der Waals surface area contributed by atoms with Crippen molar-refractivity contribution in [2.45, 2.75) is 6.18 Å². The summed E-state index contributed by atoms with van der Waals surface area (Å²) in [7, 11) is 1.54. The normalized spacial score (nSPS) is 12.0. The highest BCUT2D eigenvalue weighted by Gasteiger charge is 2.35. The Balaban J connectivity index is 2.11. The lowest BCUT2D eigenvalue weighted by molar-refractivity contribution is -0.144. The number of nitrogens with zero attached hydrogens (tertiary/aromatic N) is 3. The zero-order chi connectivity index (χ0) is 13.9. The highest BCUT2D eigenvalue weighted by Crippen LogP contribution is 2.26. The zero-order valence-electron chi connectivity index (χ0n) is 9.77. The number of nitrogens with one attached hydrogen (secondary N) is 1. The van der Waals surface area contributed by atoms with Crippen LogP contribution in [-0.2, 0) is 6.18 Å². The van der Waals surface area contributed by atoms with Crippen LogP contribution in [0.3, 0.4) is 0 Å². The van der Waals surface area contributed by atoms with Crippen molar-refractivity contribution in [1.29, 1.82) is 0 Å². The van der Waals surface area contributed by atoms with Crippen molar-refractivity contribution in [3.05, 3.63) is 35.7 Å². The fourth-order valence-corrected chi connectivity index (χ4v) is 1.26. The van der Waals surface area contributed by atoms with Crippen LogP contribution in [0.5, 0.6) is 5.75 Å². The van der Waals surface area contributed by atoms with E-state index in [0.717, 1.165) is 0 Å². The van der Waals surface area contributed by atoms with Gasteiger partial charge in [-0.1, -0.05) is 0 Å². The van der Waals surface area contributed by atoms with E-state index < -0.39 is 12.0 Å². The molecule has 1 aromatic heterocycles. The van der Waals surface area contributed by atoms with Gasteiger partial charge in [-0.05, 0) is 29.8 Å². The topological polar surface area (TPSA) is 63.2 Å². The lowest BCUT2D eigenvalue weighted by Gasteiger charge is -1.98. The first-order chi connectivity index (χ1) is 8.99. The second-order valence-corrected chi connectivity index (χ2v) is 3.51. The molecule has 0 saturated carbocycles. The Kier molecular flexibility index (Phi) is 3.50. The molecular formula is C11H9F3N4O. The van der Waals surface area contributed by atoms with E-state index in [2.05, 4.69) is 15.1 Å². The number of benzene rings is 1. The van der Waals surface area contributed by atoms with Gasteiger partial charge in [0.2, 0.25) is 5.82 Å². The summed E-state index contributed by atoms with van der Waals surface area (Å²) < 4.78 is 41.7. The first kappa shape index (κ1) is 13.1. The minimum atomic E-state index is -4.55. The van der Waals surface area contributed by atoms with Crippen LogP contribution in [0, 0.1) is 0 Å². The summed E-state index contributed by atoms with van der Waals surface area (Å²) in [5.41, 5.74) is 0.694. The standard InChI is InChI=1S/C11H9F3N4O/c1-19-8-4-2-7(3-5-8)6-15-10-16-9(17-18-10)11(12,13)14/h2-6H,1H3,(H,16,17,18)/b15-6+. The Hall–Kier alpha value is -2.38. The molecule has 19 heavy (non-hydrogen) atoms. The van der Waals surface area contributed by atoms with Gasteiger partial charge in [-0.25, -0.2) is 4.99 Å². The number of hydrogen-bond acceptors (Lipinski definition) is 4. The van der Waals surface area contributed by atoms with Crippen molar-refractivity contribution in [2.24, 2.45) is 4.99 Å². The molecule has 0 atom stereocenters. The van der Waals surface area contributed by atoms with Crippen LogP contribution in [0.4, 0.5) is 19.1 Å². The predicted molar refractivity (Wildman–Crippen MR) is 61.6 cm³/mol. The molecule has 0 bridgehead atoms. The van der Waals surface area contributed by atoms with E-state index in [1.54, 1.807) is 29.4 Å². The van der Waals surface area contributed by atoms with E-state index in [-0.39, 0.29) is 5.95 Å². The van der Waals surface area contributed by atoms with Crippen LogP contribution in [0.25, 0.3) is 0 Å². The molecule has 5 nitrogen and oxygen atoms in total. The summed E-state index contributed by atoms with van der Waals surface area (Å²) in [6.07, 6.45) is -3.19. The van der Waals surface area contributed by atoms with Crippen molar-refractivity contribution >= 4 is 12.2 Å². The molecule has 0 saturated heterocycles. The molecule has 1 heterocycles. The lowest BCUT2D eigenvalue weighted by Crippen LogP contribution is -2.07. The zero-order valence-corrected chi connectivity index (χ0v) is 9.77. The molecule has 8 heteroatoms. The largest absolute Gasteiger partial charge is 0.497 e. The summed E-state index contributed by atoms with van der Waals surface area (Å²) >= 11 is 0. The molecule has 0 aliphatic carbocycles. The molecule has 1 aromatic carbocycles. The van der Waals surface area contributed by atoms with Crippen LogP contribution in [0.1, 0.15) is 11.4 Å². The molecule has 0 spiro atoms. The van der Waals surface area contributed by atoms with Gasteiger partial charge in [0.15, 0.2) is 0 Å². The number of hydrogen-bond donors (Lipinski definition) is 1. The molecule has 1 N–H and O–H groups in total. The Morgan fingerprint density at radius 1 is 1.26 bits per heavy atom. The van der Waals surface area contributed by atoms with Crippen LogP contribution in [0.2, 0.25) is 0 Å². The maximum atomic E-state index is 12.2. The summed E-state index contributed by atoms with van der Waals surface area (Å²) in [5.74, 6) is -0.771. The van der Waals surface area contributed by atoms with E-state index in [1.165, 1.54) is 13.3 Å². The number of methoxy groups -OCH3 is 1. The monoisotopic (exact) mass is 270 g/mol. The molecule has 2 rings (SSSR count). The average Bonchev–Trinajstić information content (AvgIpc) is 2.86. The molecule has 0 unspecified atom stereocenters. The fourth-order valence-electron chi connectivity index (χ4n) is 1.26. The van der Waals surface area contributed by atoms with Gasteiger partial charge in [0.25, 0.3) is 5.95 Å². The number of rotatable bonds is 3. The molecular weight excluding hydrogens is 261 g/mol. The van der Waals surface area contributed by atoms with Crippen molar-refractivity contribution < 1.29 is 17.9 Å². The summed E-state index contributed by atoms with van der Waals surface area (Å²) in [4.78, 5) is 6.96. The van der Waals surface area contributed by atoms with Gasteiger partial charge in [-0.15, -0.1) is 5.10 Å². The highest BCUT2D eigenvalue weighted by atomic mass is 19.4. The second kappa shape index (κ2) is 5.09. The maximum absolute atomic E-state index is 12.2. The number of aromatic amines is 1. The van der Waals surface area contributed by atoms with Crippen molar-refractivity contribution in [2.75, 3.05) is 7.11 Å². The third-order valence-corrected chi connectivity index (χ3v) is 2.19. The minimum Gasteiger partial charge on any atom is -0.497 e. The van der Waals surface area contributed by atoms with Gasteiger partial charge in [0.1, 0.15) is 5.75 Å². The Morgan fingerprint density at radius 3 is 2.47 bits per heavy atom. The third kappa shape index (κ3) is 3.30. The number of aliphatic imine (C=N–C) groups is 1. The number of halogens is 3. The number of ether oxygens (including phenoxy) is 1. The summed E-state index contributed by atoms with van der Waals surface area (Å²) in [6, 6.07) is 6.83. The van der Waals surface area contributed by atoms with Crippen LogP contribution < -0.4 is 4.74 Å². The molecule has 2 aromatic rings. The maximum Gasteiger partial charge on any atom is 0.451 e. The van der Waals surface area contributed by atoms with Crippen molar-refractivity contribution in [3.8, 4) is 5.75 Å². The Labute approximate surface area is 106 Å². The minimum absolute atomic E-state index is 0.275. The van der Waals surface area contributed by atoms with Crippen LogP contribution in [0.15, 0.2) is 29.3 Å². The van der Waals surface area contributed by atoms with Gasteiger partial charge < -0.3 is 4.74 Å². The fraction of sp³-hybridized carbons (Fsp3) is 0.182. The molecule has 100 valence electrons. The first-order valence-electron chi connectivity index (χ1n) is 5.17. The van der Waals surface area contributed by atoms with Crippen LogP contribution >= 0.6 is 0 Å².